The van der Waals surface area contributed by atoms with Crippen molar-refractivity contribution in [1.29, 1.82) is 0 Å². The Morgan fingerprint density at radius 1 is 1.44 bits per heavy atom. The van der Waals surface area contributed by atoms with E-state index in [2.05, 4.69) is 64.3 Å². The molecule has 3 heteroatoms. The van der Waals surface area contributed by atoms with E-state index in [1.165, 1.54) is 12.1 Å². The van der Waals surface area contributed by atoms with E-state index in [0.29, 0.717) is 12.1 Å². The van der Waals surface area contributed by atoms with Gasteiger partial charge in [-0.15, -0.1) is 0 Å². The number of benzene rings is 1. The van der Waals surface area contributed by atoms with E-state index < -0.39 is 0 Å². The van der Waals surface area contributed by atoms with Crippen molar-refractivity contribution in [3.8, 4) is 0 Å². The zero-order valence-electron chi connectivity index (χ0n) is 9.91. The highest BCUT2D eigenvalue weighted by molar-refractivity contribution is 9.10. The Morgan fingerprint density at radius 3 is 2.94 bits per heavy atom. The lowest BCUT2D eigenvalue weighted by Gasteiger charge is -2.20. The summed E-state index contributed by atoms with van der Waals surface area (Å²) in [4.78, 5) is 2.45. The maximum atomic E-state index is 3.60. The van der Waals surface area contributed by atoms with Crippen molar-refractivity contribution in [2.45, 2.75) is 32.4 Å². The van der Waals surface area contributed by atoms with Crippen molar-refractivity contribution in [1.82, 2.24) is 5.32 Å². The molecule has 1 aliphatic heterocycles. The van der Waals surface area contributed by atoms with E-state index in [0.717, 1.165) is 17.6 Å². The summed E-state index contributed by atoms with van der Waals surface area (Å²) in [7, 11) is 0. The molecule has 0 radical (unpaired) electrons. The fraction of sp³-hybridized carbons (Fsp3) is 0.538. The molecule has 1 fully saturated rings. The van der Waals surface area contributed by atoms with Gasteiger partial charge in [0.1, 0.15) is 0 Å². The summed E-state index contributed by atoms with van der Waals surface area (Å²) in [5, 5.41) is 3.60. The maximum Gasteiger partial charge on any atom is 0.0378 e. The van der Waals surface area contributed by atoms with Gasteiger partial charge in [0.15, 0.2) is 0 Å². The van der Waals surface area contributed by atoms with E-state index in [1.54, 1.807) is 0 Å². The first kappa shape index (κ1) is 11.9. The first-order valence-electron chi connectivity index (χ1n) is 5.91. The van der Waals surface area contributed by atoms with Gasteiger partial charge in [0, 0.05) is 35.3 Å². The average molecular weight is 283 g/mol. The van der Waals surface area contributed by atoms with Crippen molar-refractivity contribution in [2.24, 2.45) is 0 Å². The van der Waals surface area contributed by atoms with Gasteiger partial charge in [-0.2, -0.15) is 0 Å². The molecule has 0 spiro atoms. The summed E-state index contributed by atoms with van der Waals surface area (Å²) in [6.07, 6.45) is 1.24. The van der Waals surface area contributed by atoms with Gasteiger partial charge in [0.25, 0.3) is 0 Å². The van der Waals surface area contributed by atoms with E-state index in [-0.39, 0.29) is 0 Å². The van der Waals surface area contributed by atoms with Crippen LogP contribution < -0.4 is 10.2 Å². The predicted octanol–water partition coefficient (Wildman–Crippen LogP) is 3.03. The fourth-order valence-corrected chi connectivity index (χ4v) is 2.66. The molecule has 1 unspecified atom stereocenters. The molecule has 1 aliphatic rings. The van der Waals surface area contributed by atoms with Crippen LogP contribution in [0.25, 0.3) is 0 Å². The van der Waals surface area contributed by atoms with Crippen molar-refractivity contribution in [3.63, 3.8) is 0 Å². The minimum absolute atomic E-state index is 0.576. The van der Waals surface area contributed by atoms with Crippen LogP contribution in [0.5, 0.6) is 0 Å². The van der Waals surface area contributed by atoms with E-state index in [9.17, 15) is 0 Å². The molecular weight excluding hydrogens is 264 g/mol. The molecule has 2 nitrogen and oxygen atoms in total. The minimum atomic E-state index is 0.576. The second-order valence-corrected chi connectivity index (χ2v) is 5.65. The Bertz CT molecular complexity index is 352. The first-order chi connectivity index (χ1) is 7.65. The molecule has 1 aromatic rings. The lowest BCUT2D eigenvalue weighted by Crippen LogP contribution is -2.36. The highest BCUT2D eigenvalue weighted by Gasteiger charge is 2.22. The number of halogens is 1. The maximum absolute atomic E-state index is 3.60. The highest BCUT2D eigenvalue weighted by atomic mass is 79.9. The molecule has 1 aromatic carbocycles. The molecule has 1 atom stereocenters. The van der Waals surface area contributed by atoms with E-state index in [1.807, 2.05) is 0 Å². The number of nitrogens with one attached hydrogen (secondary N) is 1. The normalized spacial score (nSPS) is 20.8. The summed E-state index contributed by atoms with van der Waals surface area (Å²) in [5.41, 5.74) is 1.32. The van der Waals surface area contributed by atoms with Crippen LogP contribution in [-0.4, -0.2) is 25.2 Å². The standard InChI is InChI=1S/C13H19BrN2/c1-10(2)15-12-6-7-16(9-12)13-5-3-4-11(14)8-13/h3-5,8,10,12,15H,6-7,9H2,1-2H3. The van der Waals surface area contributed by atoms with Gasteiger partial charge in [-0.1, -0.05) is 35.8 Å². The summed E-state index contributed by atoms with van der Waals surface area (Å²) >= 11 is 3.52. The molecule has 2 rings (SSSR count). The second-order valence-electron chi connectivity index (χ2n) is 4.73. The van der Waals surface area contributed by atoms with Gasteiger partial charge < -0.3 is 10.2 Å². The lowest BCUT2D eigenvalue weighted by molar-refractivity contribution is 0.492. The van der Waals surface area contributed by atoms with Crippen LogP contribution >= 0.6 is 15.9 Å². The van der Waals surface area contributed by atoms with Gasteiger partial charge in [-0.25, -0.2) is 0 Å². The molecule has 0 aliphatic carbocycles. The number of anilines is 1. The first-order valence-corrected chi connectivity index (χ1v) is 6.71. The van der Waals surface area contributed by atoms with Crippen LogP contribution in [0.1, 0.15) is 20.3 Å². The molecule has 0 aromatic heterocycles. The molecule has 0 amide bonds. The molecule has 0 saturated carbocycles. The van der Waals surface area contributed by atoms with Crippen molar-refractivity contribution >= 4 is 21.6 Å². The molecule has 1 saturated heterocycles. The Kier molecular flexibility index (Phi) is 3.87. The van der Waals surface area contributed by atoms with E-state index in [4.69, 9.17) is 0 Å². The van der Waals surface area contributed by atoms with Crippen molar-refractivity contribution in [2.75, 3.05) is 18.0 Å². The van der Waals surface area contributed by atoms with Crippen LogP contribution in [0.15, 0.2) is 28.7 Å². The van der Waals surface area contributed by atoms with Crippen molar-refractivity contribution < 1.29 is 0 Å². The quantitative estimate of drug-likeness (QED) is 0.917. The minimum Gasteiger partial charge on any atom is -0.370 e. The zero-order chi connectivity index (χ0) is 11.5. The van der Waals surface area contributed by atoms with Crippen LogP contribution in [0.4, 0.5) is 5.69 Å². The third-order valence-corrected chi connectivity index (χ3v) is 3.42. The number of hydrogen-bond donors (Lipinski definition) is 1. The number of nitrogens with zero attached hydrogens (tertiary/aromatic N) is 1. The van der Waals surface area contributed by atoms with Crippen LogP contribution in [0.3, 0.4) is 0 Å². The molecule has 16 heavy (non-hydrogen) atoms. The van der Waals surface area contributed by atoms with Gasteiger partial charge in [-0.05, 0) is 24.6 Å². The Morgan fingerprint density at radius 2 is 2.25 bits per heavy atom. The molecular formula is C13H19BrN2. The fourth-order valence-electron chi connectivity index (χ4n) is 2.28. The third kappa shape index (κ3) is 2.98. The smallest absolute Gasteiger partial charge is 0.0378 e. The topological polar surface area (TPSA) is 15.3 Å². The Hall–Kier alpha value is -0.540. The summed E-state index contributed by atoms with van der Waals surface area (Å²) in [6, 6.07) is 9.76. The second kappa shape index (κ2) is 5.19. The lowest BCUT2D eigenvalue weighted by atomic mass is 10.2. The molecule has 1 N–H and O–H groups in total. The zero-order valence-corrected chi connectivity index (χ0v) is 11.5. The van der Waals surface area contributed by atoms with Gasteiger partial charge in [0.05, 0.1) is 0 Å². The van der Waals surface area contributed by atoms with E-state index >= 15 is 0 Å². The summed E-state index contributed by atoms with van der Waals surface area (Å²) in [6.45, 7) is 6.69. The Balaban J connectivity index is 1.98. The van der Waals surface area contributed by atoms with Gasteiger partial charge >= 0.3 is 0 Å². The Labute approximate surface area is 106 Å². The summed E-state index contributed by atoms with van der Waals surface area (Å²) < 4.78 is 1.16. The van der Waals surface area contributed by atoms with Crippen molar-refractivity contribution in [3.05, 3.63) is 28.7 Å². The summed E-state index contributed by atoms with van der Waals surface area (Å²) in [5.74, 6) is 0. The number of rotatable bonds is 3. The monoisotopic (exact) mass is 282 g/mol. The van der Waals surface area contributed by atoms with Gasteiger partial charge in [0.2, 0.25) is 0 Å². The third-order valence-electron chi connectivity index (χ3n) is 2.93. The molecule has 88 valence electrons. The van der Waals surface area contributed by atoms with Gasteiger partial charge in [-0.3, -0.25) is 0 Å². The van der Waals surface area contributed by atoms with Crippen LogP contribution in [0, 0.1) is 0 Å². The highest BCUT2D eigenvalue weighted by Crippen LogP contribution is 2.23. The van der Waals surface area contributed by atoms with Crippen LogP contribution in [-0.2, 0) is 0 Å². The van der Waals surface area contributed by atoms with Crippen LogP contribution in [0.2, 0.25) is 0 Å². The SMILES string of the molecule is CC(C)NC1CCN(c2cccc(Br)c2)C1. The number of hydrogen-bond acceptors (Lipinski definition) is 2. The predicted molar refractivity (Wildman–Crippen MR) is 73.0 cm³/mol. The molecule has 1 heterocycles. The largest absolute Gasteiger partial charge is 0.370 e. The molecule has 0 bridgehead atoms. The average Bonchev–Trinajstić information content (AvgIpc) is 2.65.